The highest BCUT2D eigenvalue weighted by Crippen LogP contribution is 2.22. The summed E-state index contributed by atoms with van der Waals surface area (Å²) in [6, 6.07) is 17.9. The van der Waals surface area contributed by atoms with Crippen molar-refractivity contribution in [1.29, 1.82) is 0 Å². The van der Waals surface area contributed by atoms with Crippen LogP contribution < -0.4 is 10.1 Å². The Hall–Kier alpha value is -3.23. The van der Waals surface area contributed by atoms with Crippen molar-refractivity contribution in [3.05, 3.63) is 78.9 Å². The monoisotopic (exact) mass is 411 g/mol. The van der Waals surface area contributed by atoms with E-state index in [1.807, 2.05) is 61.1 Å². The lowest BCUT2D eigenvalue weighted by atomic mass is 10.2. The van der Waals surface area contributed by atoms with Gasteiger partial charge in [-0.15, -0.1) is 12.4 Å². The Balaban J connectivity index is 0.00000240. The lowest BCUT2D eigenvalue weighted by Gasteiger charge is -2.09. The van der Waals surface area contributed by atoms with E-state index in [9.17, 15) is 0 Å². The van der Waals surface area contributed by atoms with Crippen LogP contribution in [0.2, 0.25) is 0 Å². The second-order valence-electron chi connectivity index (χ2n) is 6.29. The van der Waals surface area contributed by atoms with E-state index in [-0.39, 0.29) is 12.4 Å². The van der Waals surface area contributed by atoms with Crippen LogP contribution in [0.15, 0.2) is 73.3 Å². The lowest BCUT2D eigenvalue weighted by molar-refractivity contribution is 0.426. The van der Waals surface area contributed by atoms with Gasteiger partial charge < -0.3 is 14.6 Å². The molecular weight excluding hydrogens is 390 g/mol. The van der Waals surface area contributed by atoms with E-state index in [2.05, 4.69) is 36.5 Å². The van der Waals surface area contributed by atoms with Crippen LogP contribution in [0.4, 0.5) is 0 Å². The summed E-state index contributed by atoms with van der Waals surface area (Å²) < 4.78 is 9.56. The molecule has 8 nitrogen and oxygen atoms in total. The van der Waals surface area contributed by atoms with Gasteiger partial charge in [-0.2, -0.15) is 4.68 Å². The molecule has 150 valence electrons. The first-order chi connectivity index (χ1) is 13.9. The predicted octanol–water partition coefficient (Wildman–Crippen LogP) is 3.25. The summed E-state index contributed by atoms with van der Waals surface area (Å²) in [6.45, 7) is 2.65. The van der Waals surface area contributed by atoms with Gasteiger partial charge in [-0.05, 0) is 53.2 Å². The first-order valence-electron chi connectivity index (χ1n) is 9.15. The number of benzene rings is 2. The zero-order chi connectivity index (χ0) is 19.0. The number of para-hydroxylation sites is 1. The molecule has 2 heterocycles. The van der Waals surface area contributed by atoms with Crippen molar-refractivity contribution in [3.63, 3.8) is 0 Å². The van der Waals surface area contributed by atoms with Crippen LogP contribution >= 0.6 is 12.4 Å². The maximum absolute atomic E-state index is 5.91. The third-order valence-electron chi connectivity index (χ3n) is 4.21. The molecule has 0 bridgehead atoms. The van der Waals surface area contributed by atoms with Crippen LogP contribution in [-0.4, -0.2) is 36.3 Å². The van der Waals surface area contributed by atoms with Crippen LogP contribution in [0.3, 0.4) is 0 Å². The fourth-order valence-electron chi connectivity index (χ4n) is 2.84. The third kappa shape index (κ3) is 5.63. The Kier molecular flexibility index (Phi) is 7.32. The minimum atomic E-state index is 0. The Morgan fingerprint density at radius 1 is 1.03 bits per heavy atom. The number of imidazole rings is 1. The molecule has 0 unspecified atom stereocenters. The minimum Gasteiger partial charge on any atom is -0.423 e. The number of halogens is 1. The Morgan fingerprint density at radius 2 is 1.93 bits per heavy atom. The van der Waals surface area contributed by atoms with Gasteiger partial charge in [-0.25, -0.2) is 4.98 Å². The van der Waals surface area contributed by atoms with Crippen LogP contribution in [0.1, 0.15) is 12.0 Å². The van der Waals surface area contributed by atoms with Crippen LogP contribution in [0.25, 0.3) is 5.69 Å². The van der Waals surface area contributed by atoms with E-state index >= 15 is 0 Å². The van der Waals surface area contributed by atoms with E-state index in [0.29, 0.717) is 11.8 Å². The number of rotatable bonds is 9. The third-order valence-corrected chi connectivity index (χ3v) is 4.21. The average molecular weight is 412 g/mol. The first kappa shape index (κ1) is 20.5. The molecule has 2 aromatic heterocycles. The number of aryl methyl sites for hydroxylation is 1. The molecule has 0 fully saturated rings. The molecule has 0 aliphatic heterocycles. The summed E-state index contributed by atoms with van der Waals surface area (Å²) >= 11 is 0. The molecule has 9 heteroatoms. The molecule has 0 saturated heterocycles. The van der Waals surface area contributed by atoms with Gasteiger partial charge in [0.2, 0.25) is 0 Å². The van der Waals surface area contributed by atoms with E-state index < -0.39 is 0 Å². The predicted molar refractivity (Wildman–Crippen MR) is 111 cm³/mol. The molecule has 0 saturated carbocycles. The smallest absolute Gasteiger partial charge is 0.345 e. The summed E-state index contributed by atoms with van der Waals surface area (Å²) in [7, 11) is 0. The van der Waals surface area contributed by atoms with Crippen molar-refractivity contribution in [2.75, 3.05) is 6.54 Å². The van der Waals surface area contributed by atoms with Crippen molar-refractivity contribution >= 4 is 12.4 Å². The van der Waals surface area contributed by atoms with Gasteiger partial charge in [0.25, 0.3) is 0 Å². The van der Waals surface area contributed by atoms with Gasteiger partial charge in [0.05, 0.1) is 12.0 Å². The largest absolute Gasteiger partial charge is 0.423 e. The van der Waals surface area contributed by atoms with Crippen LogP contribution in [0.5, 0.6) is 11.8 Å². The maximum atomic E-state index is 5.91. The summed E-state index contributed by atoms with van der Waals surface area (Å²) in [4.78, 5) is 4.05. The van der Waals surface area contributed by atoms with E-state index in [0.717, 1.165) is 37.3 Å². The van der Waals surface area contributed by atoms with Crippen molar-refractivity contribution < 1.29 is 4.74 Å². The molecule has 4 aromatic rings. The lowest BCUT2D eigenvalue weighted by Crippen LogP contribution is -2.16. The molecular formula is C20H22ClN7O. The Morgan fingerprint density at radius 3 is 2.76 bits per heavy atom. The van der Waals surface area contributed by atoms with Gasteiger partial charge in [0, 0.05) is 25.5 Å². The molecule has 0 atom stereocenters. The van der Waals surface area contributed by atoms with Crippen molar-refractivity contribution in [2.45, 2.75) is 19.5 Å². The number of aromatic nitrogens is 6. The van der Waals surface area contributed by atoms with Crippen molar-refractivity contribution in [3.8, 4) is 17.4 Å². The van der Waals surface area contributed by atoms with E-state index in [4.69, 9.17) is 4.74 Å². The second-order valence-corrected chi connectivity index (χ2v) is 6.29. The van der Waals surface area contributed by atoms with E-state index in [1.165, 1.54) is 0 Å². The summed E-state index contributed by atoms with van der Waals surface area (Å²) in [5.74, 6) is 0.699. The van der Waals surface area contributed by atoms with Crippen molar-refractivity contribution in [2.24, 2.45) is 0 Å². The molecule has 0 spiro atoms. The molecule has 0 amide bonds. The van der Waals surface area contributed by atoms with Gasteiger partial charge in [0.1, 0.15) is 5.75 Å². The summed E-state index contributed by atoms with van der Waals surface area (Å²) in [5.41, 5.74) is 1.98. The number of nitrogens with one attached hydrogen (secondary N) is 1. The number of ether oxygens (including phenoxy) is 1. The normalized spacial score (nSPS) is 10.5. The van der Waals surface area contributed by atoms with Crippen LogP contribution in [0, 0.1) is 0 Å². The van der Waals surface area contributed by atoms with E-state index in [1.54, 1.807) is 10.9 Å². The summed E-state index contributed by atoms with van der Waals surface area (Å²) in [6.07, 6.45) is 6.65. The first-order valence-corrected chi connectivity index (χ1v) is 9.15. The Bertz CT molecular complexity index is 989. The van der Waals surface area contributed by atoms with Crippen LogP contribution in [-0.2, 0) is 13.1 Å². The quantitative estimate of drug-likeness (QED) is 0.426. The highest BCUT2D eigenvalue weighted by molar-refractivity contribution is 5.85. The highest BCUT2D eigenvalue weighted by Gasteiger charge is 2.10. The van der Waals surface area contributed by atoms with Gasteiger partial charge >= 0.3 is 6.01 Å². The molecule has 2 aromatic carbocycles. The fraction of sp³-hybridized carbons (Fsp3) is 0.200. The molecule has 4 rings (SSSR count). The fourth-order valence-corrected chi connectivity index (χ4v) is 2.84. The Labute approximate surface area is 175 Å². The molecule has 1 N–H and O–H groups in total. The minimum absolute atomic E-state index is 0. The average Bonchev–Trinajstić information content (AvgIpc) is 3.41. The molecule has 29 heavy (non-hydrogen) atoms. The second kappa shape index (κ2) is 10.4. The maximum Gasteiger partial charge on any atom is 0.345 e. The summed E-state index contributed by atoms with van der Waals surface area (Å²) in [5, 5.41) is 15.2. The van der Waals surface area contributed by atoms with Gasteiger partial charge in [-0.1, -0.05) is 35.4 Å². The topological polar surface area (TPSA) is 82.7 Å². The number of tetrazole rings is 1. The number of hydrogen-bond acceptors (Lipinski definition) is 6. The number of hydrogen-bond donors (Lipinski definition) is 1. The molecule has 0 aliphatic carbocycles. The van der Waals surface area contributed by atoms with Gasteiger partial charge in [0.15, 0.2) is 0 Å². The highest BCUT2D eigenvalue weighted by atomic mass is 35.5. The molecule has 0 aliphatic rings. The molecule has 0 radical (unpaired) electrons. The SMILES string of the molecule is Cl.c1ccc(-n2nnnc2Oc2cccc(CNCCCn3ccnc3)c2)cc1. The van der Waals surface area contributed by atoms with Crippen molar-refractivity contribution in [1.82, 2.24) is 35.1 Å². The standard InChI is InChI=1S/C20H21N7O.ClH/c1-2-7-18(8-3-1)27-20(23-24-25-27)28-19-9-4-6-17(14-19)15-21-10-5-12-26-13-11-22-16-26;/h1-4,6-9,11,13-14,16,21H,5,10,12,15H2;1H. The van der Waals surface area contributed by atoms with Gasteiger partial charge in [-0.3, -0.25) is 0 Å². The zero-order valence-corrected chi connectivity index (χ0v) is 16.6. The number of nitrogens with zero attached hydrogens (tertiary/aromatic N) is 6. The zero-order valence-electron chi connectivity index (χ0n) is 15.8.